The Morgan fingerprint density at radius 2 is 2.18 bits per heavy atom. The van der Waals surface area contributed by atoms with Gasteiger partial charge in [-0.2, -0.15) is 0 Å². The summed E-state index contributed by atoms with van der Waals surface area (Å²) in [7, 11) is 1.85. The molecule has 0 aromatic heterocycles. The van der Waals surface area contributed by atoms with Crippen LogP contribution in [-0.4, -0.2) is 26.3 Å². The normalized spacial score (nSPS) is 43.9. The van der Waals surface area contributed by atoms with Crippen molar-refractivity contribution in [1.82, 2.24) is 5.32 Å². The fourth-order valence-electron chi connectivity index (χ4n) is 2.59. The molecule has 11 heavy (non-hydrogen) atoms. The predicted octanol–water partition coefficient (Wildman–Crippen LogP) is 1.02. The highest BCUT2D eigenvalue weighted by Crippen LogP contribution is 2.33. The Kier molecular flexibility index (Phi) is 2.14. The lowest BCUT2D eigenvalue weighted by molar-refractivity contribution is 0.0138. The van der Waals surface area contributed by atoms with Gasteiger partial charge in [0.15, 0.2) is 0 Å². The molecular weight excluding hydrogens is 138 g/mol. The first-order chi connectivity index (χ1) is 5.42. The van der Waals surface area contributed by atoms with E-state index < -0.39 is 0 Å². The molecule has 0 spiro atoms. The first-order valence-corrected chi connectivity index (χ1v) is 4.65. The zero-order valence-electron chi connectivity index (χ0n) is 7.18. The van der Waals surface area contributed by atoms with Crippen LogP contribution in [0.4, 0.5) is 0 Å². The average molecular weight is 155 g/mol. The Morgan fingerprint density at radius 1 is 1.27 bits per heavy atom. The monoisotopic (exact) mass is 155 g/mol. The Hall–Kier alpha value is -0.0800. The largest absolute Gasteiger partial charge is 0.381 e. The summed E-state index contributed by atoms with van der Waals surface area (Å²) >= 11 is 0. The summed E-state index contributed by atoms with van der Waals surface area (Å²) in [6.07, 6.45) is 4.60. The van der Waals surface area contributed by atoms with E-state index in [2.05, 4.69) is 5.32 Å². The van der Waals surface area contributed by atoms with Gasteiger partial charge in [0, 0.05) is 19.6 Å². The number of hydrogen-bond acceptors (Lipinski definition) is 2. The van der Waals surface area contributed by atoms with E-state index in [-0.39, 0.29) is 0 Å². The summed E-state index contributed by atoms with van der Waals surface area (Å²) in [4.78, 5) is 0. The lowest BCUT2D eigenvalue weighted by Gasteiger charge is -2.31. The van der Waals surface area contributed by atoms with Crippen molar-refractivity contribution in [2.45, 2.75) is 25.4 Å². The highest BCUT2D eigenvalue weighted by Gasteiger charge is 2.36. The third-order valence-electron chi connectivity index (χ3n) is 3.24. The molecule has 2 rings (SSSR count). The van der Waals surface area contributed by atoms with Crippen LogP contribution >= 0.6 is 0 Å². The molecular formula is C9H17NO. The Labute approximate surface area is 68.3 Å². The van der Waals surface area contributed by atoms with E-state index in [4.69, 9.17) is 4.74 Å². The van der Waals surface area contributed by atoms with Crippen molar-refractivity contribution in [3.05, 3.63) is 0 Å². The third kappa shape index (κ3) is 1.30. The van der Waals surface area contributed by atoms with Crippen molar-refractivity contribution >= 4 is 0 Å². The second-order valence-corrected chi connectivity index (χ2v) is 3.79. The van der Waals surface area contributed by atoms with E-state index >= 15 is 0 Å². The fourth-order valence-corrected chi connectivity index (χ4v) is 2.59. The van der Waals surface area contributed by atoms with Gasteiger partial charge in [0.05, 0.1) is 6.10 Å². The summed E-state index contributed by atoms with van der Waals surface area (Å²) in [5, 5.41) is 3.45. The molecule has 64 valence electrons. The molecule has 0 aromatic rings. The molecule has 1 saturated heterocycles. The standard InChI is InChI=1S/C9H17NO/c1-11-9-4-2-3-7-5-10-6-8(7)9/h7-10H,2-6H2,1H3/t7-,8+,9?/m1/s1. The maximum atomic E-state index is 5.47. The van der Waals surface area contributed by atoms with Crippen molar-refractivity contribution in [3.63, 3.8) is 0 Å². The summed E-state index contributed by atoms with van der Waals surface area (Å²) in [6.45, 7) is 2.41. The molecule has 3 atom stereocenters. The topological polar surface area (TPSA) is 21.3 Å². The van der Waals surface area contributed by atoms with Gasteiger partial charge in [-0.3, -0.25) is 0 Å². The van der Waals surface area contributed by atoms with Crippen LogP contribution in [0.1, 0.15) is 19.3 Å². The molecule has 2 aliphatic rings. The van der Waals surface area contributed by atoms with Gasteiger partial charge < -0.3 is 10.1 Å². The number of rotatable bonds is 1. The van der Waals surface area contributed by atoms with Crippen LogP contribution in [0.2, 0.25) is 0 Å². The summed E-state index contributed by atoms with van der Waals surface area (Å²) in [6, 6.07) is 0. The SMILES string of the molecule is COC1CCC[C@@H]2CNC[C@H]12. The quantitative estimate of drug-likeness (QED) is 0.610. The molecule has 1 aliphatic carbocycles. The van der Waals surface area contributed by atoms with Crippen LogP contribution in [0, 0.1) is 11.8 Å². The molecule has 1 heterocycles. The Bertz CT molecular complexity index is 138. The number of nitrogens with one attached hydrogen (secondary N) is 1. The Balaban J connectivity index is 2.00. The average Bonchev–Trinajstić information content (AvgIpc) is 2.50. The molecule has 1 N–H and O–H groups in total. The van der Waals surface area contributed by atoms with E-state index in [0.29, 0.717) is 6.10 Å². The summed E-state index contributed by atoms with van der Waals surface area (Å²) in [5.41, 5.74) is 0. The molecule has 0 radical (unpaired) electrons. The van der Waals surface area contributed by atoms with E-state index in [1.54, 1.807) is 0 Å². The molecule has 2 heteroatoms. The van der Waals surface area contributed by atoms with Gasteiger partial charge in [0.2, 0.25) is 0 Å². The van der Waals surface area contributed by atoms with Crippen molar-refractivity contribution in [2.24, 2.45) is 11.8 Å². The van der Waals surface area contributed by atoms with Crippen LogP contribution < -0.4 is 5.32 Å². The fraction of sp³-hybridized carbons (Fsp3) is 1.00. The zero-order valence-corrected chi connectivity index (χ0v) is 7.18. The molecule has 0 aromatic carbocycles. The van der Waals surface area contributed by atoms with Crippen LogP contribution in [0.3, 0.4) is 0 Å². The molecule has 2 nitrogen and oxygen atoms in total. The number of hydrogen-bond donors (Lipinski definition) is 1. The lowest BCUT2D eigenvalue weighted by atomic mass is 9.79. The minimum atomic E-state index is 0.545. The molecule has 1 aliphatic heterocycles. The second-order valence-electron chi connectivity index (χ2n) is 3.79. The van der Waals surface area contributed by atoms with Crippen molar-refractivity contribution in [2.75, 3.05) is 20.2 Å². The van der Waals surface area contributed by atoms with Gasteiger partial charge in [0.25, 0.3) is 0 Å². The second kappa shape index (κ2) is 3.11. The molecule has 2 fully saturated rings. The highest BCUT2D eigenvalue weighted by molar-refractivity contribution is 4.89. The van der Waals surface area contributed by atoms with Crippen LogP contribution in [0.15, 0.2) is 0 Å². The summed E-state index contributed by atoms with van der Waals surface area (Å²) in [5.74, 6) is 1.72. The van der Waals surface area contributed by atoms with E-state index in [9.17, 15) is 0 Å². The molecule has 1 unspecified atom stereocenters. The summed E-state index contributed by atoms with van der Waals surface area (Å²) < 4.78 is 5.47. The molecule has 0 amide bonds. The minimum absolute atomic E-state index is 0.545. The predicted molar refractivity (Wildman–Crippen MR) is 44.5 cm³/mol. The zero-order chi connectivity index (χ0) is 7.68. The maximum absolute atomic E-state index is 5.47. The first-order valence-electron chi connectivity index (χ1n) is 4.65. The van der Waals surface area contributed by atoms with E-state index in [0.717, 1.165) is 11.8 Å². The smallest absolute Gasteiger partial charge is 0.0614 e. The van der Waals surface area contributed by atoms with E-state index in [1.807, 2.05) is 7.11 Å². The van der Waals surface area contributed by atoms with Gasteiger partial charge in [-0.1, -0.05) is 6.42 Å². The number of methoxy groups -OCH3 is 1. The van der Waals surface area contributed by atoms with Gasteiger partial charge in [-0.05, 0) is 25.3 Å². The minimum Gasteiger partial charge on any atom is -0.381 e. The van der Waals surface area contributed by atoms with Crippen molar-refractivity contribution in [1.29, 1.82) is 0 Å². The number of fused-ring (bicyclic) bond motifs is 1. The lowest BCUT2D eigenvalue weighted by Crippen LogP contribution is -2.32. The van der Waals surface area contributed by atoms with Crippen molar-refractivity contribution < 1.29 is 4.74 Å². The molecule has 1 saturated carbocycles. The highest BCUT2D eigenvalue weighted by atomic mass is 16.5. The van der Waals surface area contributed by atoms with E-state index in [1.165, 1.54) is 32.4 Å². The third-order valence-corrected chi connectivity index (χ3v) is 3.24. The van der Waals surface area contributed by atoms with Gasteiger partial charge in [0.1, 0.15) is 0 Å². The van der Waals surface area contributed by atoms with Gasteiger partial charge in [-0.15, -0.1) is 0 Å². The van der Waals surface area contributed by atoms with Crippen LogP contribution in [-0.2, 0) is 4.74 Å². The van der Waals surface area contributed by atoms with Crippen LogP contribution in [0.25, 0.3) is 0 Å². The van der Waals surface area contributed by atoms with Crippen LogP contribution in [0.5, 0.6) is 0 Å². The number of ether oxygens (including phenoxy) is 1. The molecule has 0 bridgehead atoms. The first kappa shape index (κ1) is 7.56. The van der Waals surface area contributed by atoms with Gasteiger partial charge >= 0.3 is 0 Å². The Morgan fingerprint density at radius 3 is 3.00 bits per heavy atom. The van der Waals surface area contributed by atoms with Crippen molar-refractivity contribution in [3.8, 4) is 0 Å². The van der Waals surface area contributed by atoms with Gasteiger partial charge in [-0.25, -0.2) is 0 Å². The maximum Gasteiger partial charge on any atom is 0.0614 e.